The van der Waals surface area contributed by atoms with Gasteiger partial charge >= 0.3 is 6.18 Å². The Labute approximate surface area is 148 Å². The molecule has 0 N–H and O–H groups in total. The van der Waals surface area contributed by atoms with E-state index in [0.717, 1.165) is 23.0 Å². The average Bonchev–Trinajstić information content (AvgIpc) is 2.98. The number of alkyl halides is 3. The molecule has 0 spiro atoms. The lowest BCUT2D eigenvalue weighted by Crippen LogP contribution is -2.05. The summed E-state index contributed by atoms with van der Waals surface area (Å²) in [6.45, 7) is 2.02. The number of hydrogen-bond donors (Lipinski definition) is 0. The van der Waals surface area contributed by atoms with Gasteiger partial charge in [0.1, 0.15) is 16.2 Å². The minimum Gasteiger partial charge on any atom is -0.316 e. The second kappa shape index (κ2) is 6.07. The second-order valence-electron chi connectivity index (χ2n) is 5.09. The minimum absolute atomic E-state index is 0.191. The van der Waals surface area contributed by atoms with E-state index >= 15 is 0 Å². The summed E-state index contributed by atoms with van der Waals surface area (Å²) >= 11 is 4.96. The van der Waals surface area contributed by atoms with Crippen LogP contribution in [0.1, 0.15) is 12.5 Å². The summed E-state index contributed by atoms with van der Waals surface area (Å²) in [4.78, 5) is 12.7. The smallest absolute Gasteiger partial charge is 0.316 e. The fourth-order valence-corrected chi connectivity index (χ4v) is 3.65. The first kappa shape index (κ1) is 17.3. The first-order valence-electron chi connectivity index (χ1n) is 6.99. The molecule has 0 radical (unpaired) electrons. The summed E-state index contributed by atoms with van der Waals surface area (Å²) in [6.07, 6.45) is -3.63. The Morgan fingerprint density at radius 2 is 1.92 bits per heavy atom. The van der Waals surface area contributed by atoms with E-state index in [9.17, 15) is 13.2 Å². The summed E-state index contributed by atoms with van der Waals surface area (Å²) in [5.74, 6) is 1.31. The van der Waals surface area contributed by atoms with E-state index in [1.54, 1.807) is 23.4 Å². The number of hydrogen-bond acceptors (Lipinski definition) is 4. The van der Waals surface area contributed by atoms with E-state index < -0.39 is 11.7 Å². The van der Waals surface area contributed by atoms with Crippen molar-refractivity contribution in [2.24, 2.45) is 14.1 Å². The third-order valence-electron chi connectivity index (χ3n) is 3.52. The van der Waals surface area contributed by atoms with Gasteiger partial charge in [0, 0.05) is 20.3 Å². The van der Waals surface area contributed by atoms with Crippen LogP contribution in [-0.4, -0.2) is 29.8 Å². The van der Waals surface area contributed by atoms with Gasteiger partial charge in [-0.25, -0.2) is 15.0 Å². The highest BCUT2D eigenvalue weighted by atomic mass is 79.9. The summed E-state index contributed by atoms with van der Waals surface area (Å²) < 4.78 is 42.8. The normalized spacial score (nSPS) is 12.3. The third kappa shape index (κ3) is 2.81. The molecule has 0 aliphatic heterocycles. The van der Waals surface area contributed by atoms with Gasteiger partial charge in [0.15, 0.2) is 16.2 Å². The van der Waals surface area contributed by atoms with E-state index in [1.165, 1.54) is 0 Å². The molecule has 0 fully saturated rings. The molecule has 0 aliphatic rings. The summed E-state index contributed by atoms with van der Waals surface area (Å²) in [5.41, 5.74) is 0.374. The zero-order chi connectivity index (χ0) is 17.6. The molecular formula is C14H13BrF3N5S. The van der Waals surface area contributed by atoms with E-state index in [4.69, 9.17) is 0 Å². The summed E-state index contributed by atoms with van der Waals surface area (Å²) in [6, 6.07) is 1.01. The van der Waals surface area contributed by atoms with Crippen molar-refractivity contribution in [3.8, 4) is 11.5 Å². The lowest BCUT2D eigenvalue weighted by Gasteiger charge is -2.05. The molecule has 10 heteroatoms. The number of fused-ring (bicyclic) bond motifs is 1. The number of aromatic nitrogens is 5. The Kier molecular flexibility index (Phi) is 4.37. The molecule has 0 saturated heterocycles. The lowest BCUT2D eigenvalue weighted by molar-refractivity contribution is -0.137. The van der Waals surface area contributed by atoms with Crippen molar-refractivity contribution in [3.05, 3.63) is 22.6 Å². The molecule has 3 heterocycles. The number of thioether (sulfide) groups is 1. The van der Waals surface area contributed by atoms with Crippen molar-refractivity contribution >= 4 is 38.9 Å². The molecule has 0 aromatic carbocycles. The molecule has 0 aliphatic carbocycles. The molecule has 0 amide bonds. The lowest BCUT2D eigenvalue weighted by atomic mass is 10.2. The SMILES string of the molecule is CCSc1c(-c2nc3cc(C(F)(F)F)cnc3n2C)nc(Br)n1C. The van der Waals surface area contributed by atoms with Gasteiger partial charge in [-0.3, -0.25) is 0 Å². The fourth-order valence-electron chi connectivity index (χ4n) is 2.35. The van der Waals surface area contributed by atoms with Crippen molar-refractivity contribution in [2.75, 3.05) is 5.75 Å². The number of rotatable bonds is 3. The molecule has 5 nitrogen and oxygen atoms in total. The van der Waals surface area contributed by atoms with Crippen LogP contribution in [0, 0.1) is 0 Å². The zero-order valence-corrected chi connectivity index (χ0v) is 15.4. The number of halogens is 4. The molecule has 0 bridgehead atoms. The highest BCUT2D eigenvalue weighted by molar-refractivity contribution is 9.10. The van der Waals surface area contributed by atoms with Crippen LogP contribution in [0.5, 0.6) is 0 Å². The fraction of sp³-hybridized carbons (Fsp3) is 0.357. The van der Waals surface area contributed by atoms with Crippen molar-refractivity contribution in [1.82, 2.24) is 24.1 Å². The summed E-state index contributed by atoms with van der Waals surface area (Å²) in [7, 11) is 3.58. The van der Waals surface area contributed by atoms with Gasteiger partial charge in [-0.2, -0.15) is 13.2 Å². The predicted octanol–water partition coefficient (Wildman–Crippen LogP) is 4.26. The van der Waals surface area contributed by atoms with E-state index in [-0.39, 0.29) is 5.52 Å². The quantitative estimate of drug-likeness (QED) is 0.595. The topological polar surface area (TPSA) is 48.5 Å². The Balaban J connectivity index is 2.21. The number of nitrogens with zero attached hydrogens (tertiary/aromatic N) is 5. The van der Waals surface area contributed by atoms with Crippen LogP contribution < -0.4 is 0 Å². The predicted molar refractivity (Wildman–Crippen MR) is 89.8 cm³/mol. The first-order chi connectivity index (χ1) is 11.2. The van der Waals surface area contributed by atoms with Crippen LogP contribution in [0.4, 0.5) is 13.2 Å². The van der Waals surface area contributed by atoms with Gasteiger partial charge < -0.3 is 9.13 Å². The largest absolute Gasteiger partial charge is 0.417 e. The molecule has 3 aromatic heterocycles. The molecule has 128 valence electrons. The molecular weight excluding hydrogens is 407 g/mol. The van der Waals surface area contributed by atoms with Crippen LogP contribution in [-0.2, 0) is 20.3 Å². The van der Waals surface area contributed by atoms with Crippen LogP contribution >= 0.6 is 27.7 Å². The number of imidazole rings is 2. The van der Waals surface area contributed by atoms with Crippen molar-refractivity contribution < 1.29 is 13.2 Å². The van der Waals surface area contributed by atoms with E-state index in [0.29, 0.717) is 21.9 Å². The molecule has 0 atom stereocenters. The van der Waals surface area contributed by atoms with Crippen molar-refractivity contribution in [3.63, 3.8) is 0 Å². The molecule has 3 rings (SSSR count). The number of aryl methyl sites for hydroxylation is 1. The van der Waals surface area contributed by atoms with Crippen LogP contribution in [0.15, 0.2) is 22.0 Å². The summed E-state index contributed by atoms with van der Waals surface area (Å²) in [5, 5.41) is 0.888. The van der Waals surface area contributed by atoms with Crippen LogP contribution in [0.2, 0.25) is 0 Å². The highest BCUT2D eigenvalue weighted by Gasteiger charge is 2.32. The zero-order valence-electron chi connectivity index (χ0n) is 13.0. The van der Waals surface area contributed by atoms with E-state index in [1.807, 2.05) is 18.5 Å². The number of pyridine rings is 1. The molecule has 0 saturated carbocycles. The van der Waals surface area contributed by atoms with Gasteiger partial charge in [0.2, 0.25) is 0 Å². The Hall–Kier alpha value is -1.55. The monoisotopic (exact) mass is 419 g/mol. The van der Waals surface area contributed by atoms with E-state index in [2.05, 4.69) is 30.9 Å². The van der Waals surface area contributed by atoms with Crippen molar-refractivity contribution in [1.29, 1.82) is 0 Å². The maximum atomic E-state index is 12.9. The van der Waals surface area contributed by atoms with Gasteiger partial charge in [0.05, 0.1) is 5.56 Å². The molecule has 24 heavy (non-hydrogen) atoms. The average molecular weight is 420 g/mol. The maximum absolute atomic E-state index is 12.9. The highest BCUT2D eigenvalue weighted by Crippen LogP contribution is 2.35. The van der Waals surface area contributed by atoms with Crippen LogP contribution in [0.25, 0.3) is 22.7 Å². The Morgan fingerprint density at radius 1 is 1.21 bits per heavy atom. The standard InChI is InChI=1S/C14H13BrF3N5S/c1-4-24-12-9(21-13(15)23(12)3)11-20-8-5-7(14(16,17)18)6-19-10(8)22(11)2/h5-6H,4H2,1-3H3. The third-order valence-corrected chi connectivity index (χ3v) is 5.26. The van der Waals surface area contributed by atoms with Gasteiger partial charge in [0.25, 0.3) is 0 Å². The second-order valence-corrected chi connectivity index (χ2v) is 7.05. The van der Waals surface area contributed by atoms with Gasteiger partial charge in [-0.05, 0) is 27.7 Å². The maximum Gasteiger partial charge on any atom is 0.417 e. The van der Waals surface area contributed by atoms with Crippen LogP contribution in [0.3, 0.4) is 0 Å². The van der Waals surface area contributed by atoms with Gasteiger partial charge in [-0.15, -0.1) is 11.8 Å². The molecule has 0 unspecified atom stereocenters. The van der Waals surface area contributed by atoms with Gasteiger partial charge in [-0.1, -0.05) is 6.92 Å². The minimum atomic E-state index is -4.45. The van der Waals surface area contributed by atoms with Crippen molar-refractivity contribution in [2.45, 2.75) is 18.1 Å². The first-order valence-corrected chi connectivity index (χ1v) is 8.77. The molecule has 3 aromatic rings. The Bertz CT molecular complexity index is 915. The Morgan fingerprint density at radius 3 is 2.54 bits per heavy atom.